The second-order valence-electron chi connectivity index (χ2n) is 7.42. The van der Waals surface area contributed by atoms with E-state index >= 15 is 0 Å². The first-order valence-corrected chi connectivity index (χ1v) is 9.67. The monoisotopic (exact) mass is 413 g/mol. The minimum Gasteiger partial charge on any atom is -0.480 e. The molecule has 0 spiro atoms. The number of likely N-dealkylation sites (tertiary alicyclic amines) is 1. The van der Waals surface area contributed by atoms with Gasteiger partial charge in [0.15, 0.2) is 0 Å². The number of carbonyl (C=O) groups is 5. The van der Waals surface area contributed by atoms with Crippen LogP contribution in [0.3, 0.4) is 0 Å². The number of hydrogen-bond donors (Lipinski definition) is 5. The number of hydrogen-bond acceptors (Lipinski definition) is 6. The van der Waals surface area contributed by atoms with Gasteiger partial charge in [-0.15, -0.1) is 0 Å². The molecule has 7 N–H and O–H groups in total. The Morgan fingerprint density at radius 3 is 2.28 bits per heavy atom. The first kappa shape index (κ1) is 24.3. The number of primary amides is 1. The van der Waals surface area contributed by atoms with Crippen LogP contribution < -0.4 is 22.1 Å². The average Bonchev–Trinajstić information content (AvgIpc) is 3.13. The molecule has 1 fully saturated rings. The minimum atomic E-state index is -1.49. The van der Waals surface area contributed by atoms with Crippen LogP contribution in [0.25, 0.3) is 0 Å². The Balaban J connectivity index is 2.94. The topological polar surface area (TPSA) is 185 Å². The van der Waals surface area contributed by atoms with Crippen molar-refractivity contribution >= 4 is 29.6 Å². The molecule has 0 aromatic heterocycles. The van der Waals surface area contributed by atoms with E-state index in [-0.39, 0.29) is 11.8 Å². The summed E-state index contributed by atoms with van der Waals surface area (Å²) in [4.78, 5) is 61.4. The summed E-state index contributed by atoms with van der Waals surface area (Å²) in [6.45, 7) is 5.48. The summed E-state index contributed by atoms with van der Waals surface area (Å²) in [6.07, 6.45) is 1.04. The van der Waals surface area contributed by atoms with Gasteiger partial charge in [-0.3, -0.25) is 19.2 Å². The Morgan fingerprint density at radius 1 is 1.17 bits per heavy atom. The van der Waals surface area contributed by atoms with Gasteiger partial charge in [0.05, 0.1) is 12.5 Å². The van der Waals surface area contributed by atoms with Crippen molar-refractivity contribution in [2.24, 2.45) is 17.4 Å². The SMILES string of the molecule is CCC(C)C(NC(=O)C1CCCN1C(=O)C(C)N)C(=O)NC(CC(N)=O)C(=O)O. The van der Waals surface area contributed by atoms with Crippen LogP contribution in [0.2, 0.25) is 0 Å². The van der Waals surface area contributed by atoms with Gasteiger partial charge < -0.3 is 32.1 Å². The molecule has 0 bridgehead atoms. The molecule has 5 unspecified atom stereocenters. The highest BCUT2D eigenvalue weighted by atomic mass is 16.4. The molecular weight excluding hydrogens is 382 g/mol. The molecule has 1 aliphatic heterocycles. The maximum Gasteiger partial charge on any atom is 0.326 e. The lowest BCUT2D eigenvalue weighted by Gasteiger charge is -2.29. The van der Waals surface area contributed by atoms with E-state index in [9.17, 15) is 29.1 Å². The predicted molar refractivity (Wildman–Crippen MR) is 103 cm³/mol. The van der Waals surface area contributed by atoms with Crippen molar-refractivity contribution in [1.29, 1.82) is 0 Å². The molecule has 0 aromatic carbocycles. The molecule has 11 nitrogen and oxygen atoms in total. The van der Waals surface area contributed by atoms with Crippen LogP contribution in [0.4, 0.5) is 0 Å². The largest absolute Gasteiger partial charge is 0.480 e. The molecule has 164 valence electrons. The summed E-state index contributed by atoms with van der Waals surface area (Å²) in [5, 5.41) is 14.1. The second kappa shape index (κ2) is 10.7. The number of amides is 4. The fourth-order valence-corrected chi connectivity index (χ4v) is 3.18. The standard InChI is InChI=1S/C18H31N5O6/c1-4-9(2)14(16(26)21-11(18(28)29)8-13(20)24)22-15(25)12-6-5-7-23(12)17(27)10(3)19/h9-12,14H,4-8,19H2,1-3H3,(H2,20,24)(H,21,26)(H,22,25)(H,28,29). The lowest BCUT2D eigenvalue weighted by molar-refractivity contribution is -0.144. The third kappa shape index (κ3) is 6.70. The fraction of sp³-hybridized carbons (Fsp3) is 0.722. The molecule has 0 aromatic rings. The zero-order chi connectivity index (χ0) is 22.3. The number of rotatable bonds is 10. The molecule has 5 atom stereocenters. The summed E-state index contributed by atoms with van der Waals surface area (Å²) in [5.41, 5.74) is 10.7. The van der Waals surface area contributed by atoms with Gasteiger partial charge in [0, 0.05) is 6.54 Å². The maximum atomic E-state index is 12.8. The lowest BCUT2D eigenvalue weighted by atomic mass is 9.97. The van der Waals surface area contributed by atoms with Crippen LogP contribution >= 0.6 is 0 Å². The molecule has 1 rings (SSSR count). The van der Waals surface area contributed by atoms with E-state index in [1.807, 2.05) is 6.92 Å². The number of aliphatic carboxylic acids is 1. The van der Waals surface area contributed by atoms with Crippen molar-refractivity contribution in [3.63, 3.8) is 0 Å². The molecular formula is C18H31N5O6. The number of carboxylic acid groups (broad SMARTS) is 1. The first-order valence-electron chi connectivity index (χ1n) is 9.67. The molecule has 1 heterocycles. The van der Waals surface area contributed by atoms with Crippen LogP contribution in [-0.2, 0) is 24.0 Å². The van der Waals surface area contributed by atoms with E-state index in [0.717, 1.165) is 0 Å². The van der Waals surface area contributed by atoms with Crippen molar-refractivity contribution in [3.05, 3.63) is 0 Å². The van der Waals surface area contributed by atoms with E-state index in [2.05, 4.69) is 10.6 Å². The number of carbonyl (C=O) groups excluding carboxylic acids is 4. The fourth-order valence-electron chi connectivity index (χ4n) is 3.18. The molecule has 0 aliphatic carbocycles. The van der Waals surface area contributed by atoms with E-state index in [1.165, 1.54) is 11.8 Å². The highest BCUT2D eigenvalue weighted by Crippen LogP contribution is 2.19. The number of nitrogens with zero attached hydrogens (tertiary/aromatic N) is 1. The van der Waals surface area contributed by atoms with Gasteiger partial charge in [-0.25, -0.2) is 4.79 Å². The predicted octanol–water partition coefficient (Wildman–Crippen LogP) is -1.70. The number of nitrogens with one attached hydrogen (secondary N) is 2. The van der Waals surface area contributed by atoms with Crippen LogP contribution in [-0.4, -0.2) is 70.3 Å². The van der Waals surface area contributed by atoms with Crippen LogP contribution in [0.15, 0.2) is 0 Å². The summed E-state index contributed by atoms with van der Waals surface area (Å²) >= 11 is 0. The van der Waals surface area contributed by atoms with E-state index in [4.69, 9.17) is 11.5 Å². The van der Waals surface area contributed by atoms with Gasteiger partial charge in [-0.05, 0) is 25.7 Å². The highest BCUT2D eigenvalue weighted by molar-refractivity contribution is 5.95. The van der Waals surface area contributed by atoms with Crippen LogP contribution in [0, 0.1) is 5.92 Å². The molecule has 1 saturated heterocycles. The zero-order valence-electron chi connectivity index (χ0n) is 17.0. The van der Waals surface area contributed by atoms with Gasteiger partial charge in [0.25, 0.3) is 0 Å². The van der Waals surface area contributed by atoms with E-state index < -0.39 is 54.3 Å². The average molecular weight is 413 g/mol. The zero-order valence-corrected chi connectivity index (χ0v) is 17.0. The third-order valence-electron chi connectivity index (χ3n) is 5.04. The van der Waals surface area contributed by atoms with Gasteiger partial charge in [0.2, 0.25) is 23.6 Å². The Morgan fingerprint density at radius 2 is 1.79 bits per heavy atom. The van der Waals surface area contributed by atoms with Crippen molar-refractivity contribution in [2.45, 2.75) is 70.6 Å². The van der Waals surface area contributed by atoms with Gasteiger partial charge >= 0.3 is 5.97 Å². The third-order valence-corrected chi connectivity index (χ3v) is 5.04. The van der Waals surface area contributed by atoms with Crippen LogP contribution in [0.5, 0.6) is 0 Å². The number of nitrogens with two attached hydrogens (primary N) is 2. The summed E-state index contributed by atoms with van der Waals surface area (Å²) < 4.78 is 0. The minimum absolute atomic E-state index is 0.319. The summed E-state index contributed by atoms with van der Waals surface area (Å²) in [6, 6.07) is -4.02. The van der Waals surface area contributed by atoms with Crippen molar-refractivity contribution in [2.75, 3.05) is 6.54 Å². The summed E-state index contributed by atoms with van der Waals surface area (Å²) in [5.74, 6) is -4.18. The Labute approximate surface area is 169 Å². The molecule has 0 radical (unpaired) electrons. The van der Waals surface area contributed by atoms with Crippen molar-refractivity contribution in [1.82, 2.24) is 15.5 Å². The Kier molecular flexibility index (Phi) is 9.02. The van der Waals surface area contributed by atoms with Crippen molar-refractivity contribution in [3.8, 4) is 0 Å². The first-order chi connectivity index (χ1) is 13.5. The molecule has 11 heteroatoms. The molecule has 0 saturated carbocycles. The lowest BCUT2D eigenvalue weighted by Crippen LogP contribution is -2.58. The summed E-state index contributed by atoms with van der Waals surface area (Å²) in [7, 11) is 0. The quantitative estimate of drug-likeness (QED) is 0.282. The molecule has 29 heavy (non-hydrogen) atoms. The smallest absolute Gasteiger partial charge is 0.326 e. The molecule has 4 amide bonds. The molecule has 1 aliphatic rings. The normalized spacial score (nSPS) is 20.3. The van der Waals surface area contributed by atoms with Crippen LogP contribution in [0.1, 0.15) is 46.5 Å². The number of carboxylic acids is 1. The van der Waals surface area contributed by atoms with E-state index in [0.29, 0.717) is 25.8 Å². The highest BCUT2D eigenvalue weighted by Gasteiger charge is 2.38. The Hall–Kier alpha value is -2.69. The second-order valence-corrected chi connectivity index (χ2v) is 7.42. The Bertz CT molecular complexity index is 653. The van der Waals surface area contributed by atoms with Gasteiger partial charge in [-0.2, -0.15) is 0 Å². The van der Waals surface area contributed by atoms with E-state index in [1.54, 1.807) is 6.92 Å². The van der Waals surface area contributed by atoms with Gasteiger partial charge in [0.1, 0.15) is 18.1 Å². The maximum absolute atomic E-state index is 12.8. The van der Waals surface area contributed by atoms with Gasteiger partial charge in [-0.1, -0.05) is 20.3 Å². The van der Waals surface area contributed by atoms with Crippen molar-refractivity contribution < 1.29 is 29.1 Å².